The normalized spacial score (nSPS) is 16.2. The van der Waals surface area contributed by atoms with Gasteiger partial charge in [0.25, 0.3) is 0 Å². The highest BCUT2D eigenvalue weighted by Crippen LogP contribution is 2.40. The average molecular weight is 363 g/mol. The van der Waals surface area contributed by atoms with Crippen LogP contribution in [0, 0.1) is 6.92 Å². The Bertz CT molecular complexity index is 822. The Balaban J connectivity index is 1.88. The Labute approximate surface area is 150 Å². The quantitative estimate of drug-likeness (QED) is 0.560. The minimum atomic E-state index is -0.497. The van der Waals surface area contributed by atoms with E-state index < -0.39 is 5.97 Å². The molecule has 0 aromatic heterocycles. The summed E-state index contributed by atoms with van der Waals surface area (Å²) in [6.07, 6.45) is 0.395. The molecule has 1 unspecified atom stereocenters. The summed E-state index contributed by atoms with van der Waals surface area (Å²) in [6.45, 7) is 3.97. The molecular formula is C19H16Cl2O3. The molecule has 0 fully saturated rings. The van der Waals surface area contributed by atoms with Gasteiger partial charge in [0.05, 0.1) is 12.0 Å². The number of carbonyl (C=O) groups is 2. The van der Waals surface area contributed by atoms with Crippen LogP contribution >= 0.6 is 23.2 Å². The van der Waals surface area contributed by atoms with Gasteiger partial charge in [-0.2, -0.15) is 0 Å². The van der Waals surface area contributed by atoms with Crippen molar-refractivity contribution in [1.29, 1.82) is 0 Å². The third-order valence-electron chi connectivity index (χ3n) is 4.30. The number of Topliss-reactive ketones (excluding diaryl/α,β-unsaturated/α-hetero) is 1. The van der Waals surface area contributed by atoms with Crippen molar-refractivity contribution < 1.29 is 14.3 Å². The first kappa shape index (κ1) is 17.0. The van der Waals surface area contributed by atoms with Crippen LogP contribution in [0.4, 0.5) is 0 Å². The number of fused-ring (bicyclic) bond motifs is 1. The first-order chi connectivity index (χ1) is 11.4. The predicted octanol–water partition coefficient (Wildman–Crippen LogP) is 5.14. The number of rotatable bonds is 3. The maximum absolute atomic E-state index is 12.3. The van der Waals surface area contributed by atoms with Gasteiger partial charge in [-0.05, 0) is 42.2 Å². The second-order valence-electron chi connectivity index (χ2n) is 6.05. The van der Waals surface area contributed by atoms with Crippen LogP contribution in [0.15, 0.2) is 30.3 Å². The summed E-state index contributed by atoms with van der Waals surface area (Å²) in [5, 5.41) is 0.830. The van der Waals surface area contributed by atoms with Crippen molar-refractivity contribution in [3.8, 4) is 5.75 Å². The number of aryl methyl sites for hydroxylation is 1. The second-order valence-corrected chi connectivity index (χ2v) is 6.86. The van der Waals surface area contributed by atoms with E-state index in [1.807, 2.05) is 19.9 Å². The van der Waals surface area contributed by atoms with Gasteiger partial charge in [0.1, 0.15) is 5.75 Å². The molecule has 0 N–H and O–H groups in total. The monoisotopic (exact) mass is 362 g/mol. The van der Waals surface area contributed by atoms with Crippen LogP contribution < -0.4 is 4.74 Å². The molecule has 0 amide bonds. The van der Waals surface area contributed by atoms with Crippen LogP contribution in [0.2, 0.25) is 10.0 Å². The van der Waals surface area contributed by atoms with Crippen molar-refractivity contribution in [3.63, 3.8) is 0 Å². The summed E-state index contributed by atoms with van der Waals surface area (Å²) < 4.78 is 5.47. The molecule has 0 saturated heterocycles. The molecule has 3 rings (SSSR count). The number of hydrogen-bond acceptors (Lipinski definition) is 3. The van der Waals surface area contributed by atoms with Crippen molar-refractivity contribution in [2.75, 3.05) is 0 Å². The van der Waals surface area contributed by atoms with Gasteiger partial charge in [-0.3, -0.25) is 9.59 Å². The smallest absolute Gasteiger partial charge is 0.315 e. The lowest BCUT2D eigenvalue weighted by atomic mass is 9.97. The molecule has 3 nitrogen and oxygen atoms in total. The van der Waals surface area contributed by atoms with E-state index in [1.165, 1.54) is 0 Å². The van der Waals surface area contributed by atoms with Gasteiger partial charge in [-0.15, -0.1) is 0 Å². The van der Waals surface area contributed by atoms with E-state index >= 15 is 0 Å². The van der Waals surface area contributed by atoms with Gasteiger partial charge in [-0.25, -0.2) is 0 Å². The molecule has 5 heteroatoms. The van der Waals surface area contributed by atoms with Crippen LogP contribution in [-0.4, -0.2) is 11.8 Å². The number of carbonyl (C=O) groups excluding carboxylic acids is 2. The molecule has 1 aliphatic rings. The van der Waals surface area contributed by atoms with Gasteiger partial charge < -0.3 is 4.74 Å². The molecule has 0 saturated carbocycles. The zero-order valence-electron chi connectivity index (χ0n) is 13.4. The summed E-state index contributed by atoms with van der Waals surface area (Å²) in [6, 6.07) is 8.61. The minimum Gasteiger partial charge on any atom is -0.425 e. The average Bonchev–Trinajstić information content (AvgIpc) is 2.82. The summed E-state index contributed by atoms with van der Waals surface area (Å²) in [7, 11) is 0. The molecule has 1 aliphatic carbocycles. The molecule has 0 radical (unpaired) electrons. The molecule has 0 spiro atoms. The van der Waals surface area contributed by atoms with E-state index in [-0.39, 0.29) is 18.1 Å². The molecule has 2 aromatic rings. The Kier molecular flexibility index (Phi) is 4.66. The van der Waals surface area contributed by atoms with Gasteiger partial charge in [-0.1, -0.05) is 42.3 Å². The van der Waals surface area contributed by atoms with E-state index in [0.29, 0.717) is 33.3 Å². The van der Waals surface area contributed by atoms with E-state index in [2.05, 4.69) is 0 Å². The van der Waals surface area contributed by atoms with Crippen molar-refractivity contribution >= 4 is 35.0 Å². The maximum Gasteiger partial charge on any atom is 0.315 e. The lowest BCUT2D eigenvalue weighted by Gasteiger charge is -2.13. The summed E-state index contributed by atoms with van der Waals surface area (Å²) >= 11 is 12.2. The Hall–Kier alpha value is -1.84. The van der Waals surface area contributed by atoms with Crippen LogP contribution in [0.5, 0.6) is 5.75 Å². The predicted molar refractivity (Wildman–Crippen MR) is 94.3 cm³/mol. The van der Waals surface area contributed by atoms with Gasteiger partial charge in [0.2, 0.25) is 0 Å². The van der Waals surface area contributed by atoms with Crippen molar-refractivity contribution in [1.82, 2.24) is 0 Å². The Morgan fingerprint density at radius 3 is 2.54 bits per heavy atom. The summed E-state index contributed by atoms with van der Waals surface area (Å²) in [4.78, 5) is 24.6. The Morgan fingerprint density at radius 1 is 1.21 bits per heavy atom. The minimum absolute atomic E-state index is 0.0137. The number of halogens is 2. The Morgan fingerprint density at radius 2 is 1.88 bits per heavy atom. The zero-order chi connectivity index (χ0) is 17.4. The van der Waals surface area contributed by atoms with Crippen LogP contribution in [-0.2, 0) is 11.2 Å². The first-order valence-electron chi connectivity index (χ1n) is 7.68. The molecule has 24 heavy (non-hydrogen) atoms. The van der Waals surface area contributed by atoms with E-state index in [9.17, 15) is 9.59 Å². The van der Waals surface area contributed by atoms with Crippen LogP contribution in [0.3, 0.4) is 0 Å². The molecule has 0 heterocycles. The third kappa shape index (κ3) is 3.06. The van der Waals surface area contributed by atoms with Gasteiger partial charge in [0.15, 0.2) is 5.78 Å². The van der Waals surface area contributed by atoms with Crippen molar-refractivity contribution in [3.05, 3.63) is 62.6 Å². The number of benzene rings is 2. The van der Waals surface area contributed by atoms with Crippen LogP contribution in [0.25, 0.3) is 0 Å². The van der Waals surface area contributed by atoms with Crippen molar-refractivity contribution in [2.24, 2.45) is 0 Å². The number of hydrogen-bond donors (Lipinski definition) is 0. The number of esters is 1. The van der Waals surface area contributed by atoms with Gasteiger partial charge >= 0.3 is 5.97 Å². The SMILES string of the molecule is Cc1ccc(OC(=O)Cc2c(Cl)cccc2Cl)c2c1C(C)CC2=O. The first-order valence-corrected chi connectivity index (χ1v) is 8.44. The van der Waals surface area contributed by atoms with E-state index in [0.717, 1.165) is 11.1 Å². The second kappa shape index (κ2) is 6.58. The number of ether oxygens (including phenoxy) is 1. The summed E-state index contributed by atoms with van der Waals surface area (Å²) in [5.74, 6) is -0.0227. The highest BCUT2D eigenvalue weighted by Gasteiger charge is 2.31. The molecule has 2 aromatic carbocycles. The fourth-order valence-electron chi connectivity index (χ4n) is 3.20. The zero-order valence-corrected chi connectivity index (χ0v) is 14.9. The fraction of sp³-hybridized carbons (Fsp3) is 0.263. The molecule has 0 bridgehead atoms. The molecule has 0 aliphatic heterocycles. The highest BCUT2D eigenvalue weighted by atomic mass is 35.5. The highest BCUT2D eigenvalue weighted by molar-refractivity contribution is 6.36. The molecule has 124 valence electrons. The van der Waals surface area contributed by atoms with E-state index in [1.54, 1.807) is 24.3 Å². The lowest BCUT2D eigenvalue weighted by molar-refractivity contribution is -0.133. The fourth-order valence-corrected chi connectivity index (χ4v) is 3.73. The molecular weight excluding hydrogens is 347 g/mol. The van der Waals surface area contributed by atoms with Crippen molar-refractivity contribution in [2.45, 2.75) is 32.6 Å². The third-order valence-corrected chi connectivity index (χ3v) is 5.00. The maximum atomic E-state index is 12.3. The number of ketones is 1. The topological polar surface area (TPSA) is 43.4 Å². The van der Waals surface area contributed by atoms with E-state index in [4.69, 9.17) is 27.9 Å². The summed E-state index contributed by atoms with van der Waals surface area (Å²) in [5.41, 5.74) is 3.06. The standard InChI is InChI=1S/C19H16Cl2O3/c1-10-6-7-16(19-15(22)8-11(2)18(10)19)24-17(23)9-12-13(20)4-3-5-14(12)21/h3-7,11H,8-9H2,1-2H3. The molecule has 1 atom stereocenters. The largest absolute Gasteiger partial charge is 0.425 e. The van der Waals surface area contributed by atoms with Crippen LogP contribution in [0.1, 0.15) is 46.3 Å². The van der Waals surface area contributed by atoms with Gasteiger partial charge in [0, 0.05) is 22.0 Å². The lowest BCUT2D eigenvalue weighted by Crippen LogP contribution is -2.14.